The highest BCUT2D eigenvalue weighted by molar-refractivity contribution is 7.90. The molecule has 2 aliphatic rings. The Balaban J connectivity index is 1.22. The monoisotopic (exact) mass is 470 g/mol. The van der Waals surface area contributed by atoms with E-state index in [1.54, 1.807) is 36.4 Å². The third kappa shape index (κ3) is 3.91. The Morgan fingerprint density at radius 1 is 1.09 bits per heavy atom. The first-order valence-corrected chi connectivity index (χ1v) is 12.4. The van der Waals surface area contributed by atoms with Gasteiger partial charge in [-0.05, 0) is 49.2 Å². The summed E-state index contributed by atoms with van der Waals surface area (Å²) in [6.45, 7) is 1.08. The number of hydrogen-bond donors (Lipinski definition) is 1. The number of anilines is 1. The Morgan fingerprint density at radius 3 is 2.56 bits per heavy atom. The number of aromatic nitrogens is 1. The number of fused-ring (bicyclic) bond motifs is 1. The zero-order chi connectivity index (χ0) is 22.3. The molecule has 1 amide bonds. The average molecular weight is 471 g/mol. The molecule has 10 heteroatoms. The zero-order valence-electron chi connectivity index (χ0n) is 16.9. The lowest BCUT2D eigenvalue weighted by atomic mass is 9.95. The number of nitrogens with zero attached hydrogens (tertiary/aromatic N) is 3. The van der Waals surface area contributed by atoms with E-state index in [2.05, 4.69) is 14.7 Å². The van der Waals surface area contributed by atoms with Crippen molar-refractivity contribution in [2.45, 2.75) is 17.7 Å². The fourth-order valence-corrected chi connectivity index (χ4v) is 5.91. The molecule has 2 aliphatic heterocycles. The minimum absolute atomic E-state index is 0.106. The van der Waals surface area contributed by atoms with E-state index in [1.165, 1.54) is 23.5 Å². The van der Waals surface area contributed by atoms with Gasteiger partial charge in [0.1, 0.15) is 10.7 Å². The van der Waals surface area contributed by atoms with Crippen molar-refractivity contribution in [3.05, 3.63) is 65.3 Å². The Hall–Kier alpha value is -3.11. The largest absolute Gasteiger partial charge is 0.355 e. The SMILES string of the molecule is O=C(Nc1nc(-c2ccc(F)cc2)cs1)C1CCN(C2=NS(=O)(=O)c3ccccc32)CC1. The molecule has 3 heterocycles. The average Bonchev–Trinajstić information content (AvgIpc) is 3.37. The van der Waals surface area contributed by atoms with Crippen molar-refractivity contribution in [1.82, 2.24) is 9.88 Å². The van der Waals surface area contributed by atoms with E-state index in [-0.39, 0.29) is 22.5 Å². The molecule has 0 aliphatic carbocycles. The van der Waals surface area contributed by atoms with Crippen LogP contribution in [-0.2, 0) is 14.8 Å². The molecule has 2 aromatic carbocycles. The van der Waals surface area contributed by atoms with Gasteiger partial charge in [0, 0.05) is 35.5 Å². The molecule has 1 aromatic heterocycles. The molecule has 0 saturated carbocycles. The Kier molecular flexibility index (Phi) is 5.26. The van der Waals surface area contributed by atoms with Crippen molar-refractivity contribution < 1.29 is 17.6 Å². The van der Waals surface area contributed by atoms with E-state index < -0.39 is 10.0 Å². The molecule has 1 fully saturated rings. The number of piperidine rings is 1. The van der Waals surface area contributed by atoms with E-state index in [1.807, 2.05) is 10.3 Å². The minimum Gasteiger partial charge on any atom is -0.355 e. The van der Waals surface area contributed by atoms with E-state index >= 15 is 0 Å². The van der Waals surface area contributed by atoms with Gasteiger partial charge in [-0.3, -0.25) is 4.79 Å². The molecule has 3 aromatic rings. The molecule has 0 spiro atoms. The van der Waals surface area contributed by atoms with E-state index in [0.29, 0.717) is 48.2 Å². The molecule has 32 heavy (non-hydrogen) atoms. The number of halogens is 1. The van der Waals surface area contributed by atoms with E-state index in [4.69, 9.17) is 0 Å². The van der Waals surface area contributed by atoms with E-state index in [9.17, 15) is 17.6 Å². The van der Waals surface area contributed by atoms with Crippen LogP contribution in [0.4, 0.5) is 9.52 Å². The van der Waals surface area contributed by atoms with Gasteiger partial charge in [-0.25, -0.2) is 9.37 Å². The number of carbonyl (C=O) groups excluding carboxylic acids is 1. The van der Waals surface area contributed by atoms with Crippen LogP contribution in [0.2, 0.25) is 0 Å². The Labute approximate surface area is 188 Å². The van der Waals surface area contributed by atoms with Crippen molar-refractivity contribution in [2.75, 3.05) is 18.4 Å². The summed E-state index contributed by atoms with van der Waals surface area (Å²) in [6, 6.07) is 12.9. The number of amides is 1. The molecular weight excluding hydrogens is 451 g/mol. The van der Waals surface area contributed by atoms with Crippen molar-refractivity contribution in [2.24, 2.45) is 10.3 Å². The number of thiazole rings is 1. The fourth-order valence-electron chi connectivity index (χ4n) is 3.96. The quantitative estimate of drug-likeness (QED) is 0.630. The van der Waals surface area contributed by atoms with Gasteiger partial charge in [-0.1, -0.05) is 12.1 Å². The maximum atomic E-state index is 13.1. The first-order chi connectivity index (χ1) is 15.4. The van der Waals surface area contributed by atoms with E-state index in [0.717, 1.165) is 5.56 Å². The van der Waals surface area contributed by atoms with Crippen molar-refractivity contribution in [3.8, 4) is 11.3 Å². The highest BCUT2D eigenvalue weighted by Gasteiger charge is 2.34. The van der Waals surface area contributed by atoms with Gasteiger partial charge in [0.2, 0.25) is 5.91 Å². The van der Waals surface area contributed by atoms with Gasteiger partial charge in [0.15, 0.2) is 11.0 Å². The summed E-state index contributed by atoms with van der Waals surface area (Å²) in [5, 5.41) is 5.19. The molecule has 1 saturated heterocycles. The highest BCUT2D eigenvalue weighted by atomic mass is 32.2. The number of amidine groups is 1. The van der Waals surface area contributed by atoms with Gasteiger partial charge in [0.05, 0.1) is 5.69 Å². The minimum atomic E-state index is -3.66. The number of likely N-dealkylation sites (tertiary alicyclic amines) is 1. The highest BCUT2D eigenvalue weighted by Crippen LogP contribution is 2.30. The van der Waals surface area contributed by atoms with Crippen LogP contribution < -0.4 is 5.32 Å². The summed E-state index contributed by atoms with van der Waals surface area (Å²) >= 11 is 1.32. The lowest BCUT2D eigenvalue weighted by Gasteiger charge is -2.32. The normalized spacial score (nSPS) is 17.7. The van der Waals surface area contributed by atoms with Crippen LogP contribution in [0.3, 0.4) is 0 Å². The number of nitrogens with one attached hydrogen (secondary N) is 1. The molecule has 5 rings (SSSR count). The van der Waals surface area contributed by atoms with Gasteiger partial charge in [-0.2, -0.15) is 8.42 Å². The third-order valence-electron chi connectivity index (χ3n) is 5.65. The number of sulfonamides is 1. The number of hydrogen-bond acceptors (Lipinski definition) is 6. The summed E-state index contributed by atoms with van der Waals surface area (Å²) in [6.07, 6.45) is 1.17. The molecular formula is C22H19FN4O3S2. The van der Waals surface area contributed by atoms with Crippen LogP contribution in [0.15, 0.2) is 63.2 Å². The maximum Gasteiger partial charge on any atom is 0.285 e. The molecule has 0 bridgehead atoms. The first kappa shape index (κ1) is 20.8. The summed E-state index contributed by atoms with van der Waals surface area (Å²) in [7, 11) is -3.66. The van der Waals surface area contributed by atoms with Crippen molar-refractivity contribution in [1.29, 1.82) is 0 Å². The second-order valence-electron chi connectivity index (χ2n) is 7.68. The summed E-state index contributed by atoms with van der Waals surface area (Å²) < 4.78 is 41.7. The van der Waals surface area contributed by atoms with Crippen LogP contribution in [0.1, 0.15) is 18.4 Å². The third-order valence-corrected chi connectivity index (χ3v) is 7.73. The predicted molar refractivity (Wildman–Crippen MR) is 121 cm³/mol. The van der Waals surface area contributed by atoms with Crippen LogP contribution in [0.25, 0.3) is 11.3 Å². The summed E-state index contributed by atoms with van der Waals surface area (Å²) in [5.74, 6) is -0.152. The predicted octanol–water partition coefficient (Wildman–Crippen LogP) is 3.75. The number of benzene rings is 2. The number of carbonyl (C=O) groups is 1. The molecule has 7 nitrogen and oxygen atoms in total. The van der Waals surface area contributed by atoms with Gasteiger partial charge in [0.25, 0.3) is 10.0 Å². The van der Waals surface area contributed by atoms with Crippen molar-refractivity contribution in [3.63, 3.8) is 0 Å². The van der Waals surface area contributed by atoms with Crippen molar-refractivity contribution >= 4 is 38.2 Å². The smallest absolute Gasteiger partial charge is 0.285 e. The maximum absolute atomic E-state index is 13.1. The van der Waals surface area contributed by atoms with Crippen LogP contribution >= 0.6 is 11.3 Å². The topological polar surface area (TPSA) is 91.7 Å². The second-order valence-corrected chi connectivity index (χ2v) is 10.1. The van der Waals surface area contributed by atoms with Crippen LogP contribution in [0, 0.1) is 11.7 Å². The molecule has 0 unspecified atom stereocenters. The molecule has 1 N–H and O–H groups in total. The molecule has 0 atom stereocenters. The van der Waals surface area contributed by atoms with Crippen LogP contribution in [-0.4, -0.2) is 43.1 Å². The zero-order valence-corrected chi connectivity index (χ0v) is 18.5. The van der Waals surface area contributed by atoms with Crippen LogP contribution in [0.5, 0.6) is 0 Å². The molecule has 0 radical (unpaired) electrons. The van der Waals surface area contributed by atoms with Gasteiger partial charge in [-0.15, -0.1) is 15.7 Å². The summed E-state index contributed by atoms with van der Waals surface area (Å²) in [5.41, 5.74) is 2.08. The number of rotatable bonds is 3. The lowest BCUT2D eigenvalue weighted by molar-refractivity contribution is -0.120. The fraction of sp³-hybridized carbons (Fsp3) is 0.227. The second kappa shape index (κ2) is 8.10. The Bertz CT molecular complexity index is 1310. The Morgan fingerprint density at radius 2 is 1.81 bits per heavy atom. The summed E-state index contributed by atoms with van der Waals surface area (Å²) in [4.78, 5) is 19.3. The molecule has 164 valence electrons. The van der Waals surface area contributed by atoms with Gasteiger partial charge >= 0.3 is 0 Å². The standard InChI is InChI=1S/C22H19FN4O3S2/c23-16-7-5-14(6-8-16)18-13-31-22(24-18)25-21(28)15-9-11-27(12-10-15)20-17-3-1-2-4-19(17)32(29,30)26-20/h1-8,13,15H,9-12H2,(H,24,25,28). The first-order valence-electron chi connectivity index (χ1n) is 10.1. The lowest BCUT2D eigenvalue weighted by Crippen LogP contribution is -2.41. The van der Waals surface area contributed by atoms with Gasteiger partial charge < -0.3 is 10.2 Å².